The third-order valence-electron chi connectivity index (χ3n) is 2.48. The molecule has 0 atom stereocenters. The normalized spacial score (nSPS) is 11.1. The highest BCUT2D eigenvalue weighted by molar-refractivity contribution is 9.10. The molecular weight excluding hydrogens is 322 g/mol. The largest absolute Gasteiger partial charge is 0.456 e. The zero-order chi connectivity index (χ0) is 15.3. The van der Waals surface area contributed by atoms with Crippen LogP contribution in [-0.4, -0.2) is 18.5 Å². The first-order valence-corrected chi connectivity index (χ1v) is 7.18. The Bertz CT molecular complexity index is 506. The summed E-state index contributed by atoms with van der Waals surface area (Å²) in [6.45, 7) is 7.50. The number of esters is 1. The minimum absolute atomic E-state index is 0.142. The molecule has 0 aliphatic rings. The monoisotopic (exact) mass is 341 g/mol. The summed E-state index contributed by atoms with van der Waals surface area (Å²) in [4.78, 5) is 23.2. The Morgan fingerprint density at radius 2 is 1.95 bits per heavy atom. The van der Waals surface area contributed by atoms with E-state index in [0.29, 0.717) is 5.69 Å². The van der Waals surface area contributed by atoms with Crippen LogP contribution in [0.3, 0.4) is 0 Å². The predicted molar refractivity (Wildman–Crippen MR) is 82.5 cm³/mol. The highest BCUT2D eigenvalue weighted by Gasteiger charge is 2.17. The molecule has 0 fully saturated rings. The van der Waals surface area contributed by atoms with Crippen LogP contribution in [0.5, 0.6) is 0 Å². The molecule has 0 radical (unpaired) electrons. The number of hydrogen-bond acceptors (Lipinski definition) is 3. The van der Waals surface area contributed by atoms with Crippen LogP contribution >= 0.6 is 15.9 Å². The van der Waals surface area contributed by atoms with Crippen molar-refractivity contribution in [2.75, 3.05) is 11.9 Å². The van der Waals surface area contributed by atoms with Gasteiger partial charge in [-0.15, -0.1) is 0 Å². The van der Waals surface area contributed by atoms with Crippen molar-refractivity contribution in [3.63, 3.8) is 0 Å². The Kier molecular flexibility index (Phi) is 5.74. The number of amides is 1. The van der Waals surface area contributed by atoms with Gasteiger partial charge >= 0.3 is 5.97 Å². The number of hydrogen-bond donors (Lipinski definition) is 1. The molecule has 0 heterocycles. The van der Waals surface area contributed by atoms with Crippen LogP contribution in [0, 0.1) is 12.3 Å². The molecule has 5 heteroatoms. The van der Waals surface area contributed by atoms with Crippen molar-refractivity contribution < 1.29 is 14.3 Å². The predicted octanol–water partition coefficient (Wildman–Crippen LogP) is 3.68. The van der Waals surface area contributed by atoms with Crippen molar-refractivity contribution in [3.05, 3.63) is 28.2 Å². The Hall–Kier alpha value is -1.36. The Morgan fingerprint density at radius 3 is 2.50 bits per heavy atom. The molecule has 1 aromatic rings. The van der Waals surface area contributed by atoms with E-state index in [2.05, 4.69) is 21.2 Å². The van der Waals surface area contributed by atoms with Crippen molar-refractivity contribution in [1.82, 2.24) is 0 Å². The summed E-state index contributed by atoms with van der Waals surface area (Å²) in [6.07, 6.45) is 0.289. The van der Waals surface area contributed by atoms with Gasteiger partial charge in [-0.2, -0.15) is 0 Å². The number of carbonyl (C=O) groups is 2. The molecule has 0 aromatic heterocycles. The van der Waals surface area contributed by atoms with Gasteiger partial charge in [0, 0.05) is 10.2 Å². The highest BCUT2D eigenvalue weighted by Crippen LogP contribution is 2.20. The van der Waals surface area contributed by atoms with Gasteiger partial charge < -0.3 is 10.1 Å². The molecule has 20 heavy (non-hydrogen) atoms. The molecule has 0 spiro atoms. The smallest absolute Gasteiger partial charge is 0.306 e. The molecule has 1 amide bonds. The summed E-state index contributed by atoms with van der Waals surface area (Å²) in [5.74, 6) is -0.700. The third-order valence-corrected chi connectivity index (χ3v) is 3.37. The van der Waals surface area contributed by atoms with Gasteiger partial charge in [0.2, 0.25) is 0 Å². The molecule has 4 nitrogen and oxygen atoms in total. The number of rotatable bonds is 4. The Morgan fingerprint density at radius 1 is 1.30 bits per heavy atom. The molecule has 0 bridgehead atoms. The van der Waals surface area contributed by atoms with E-state index in [1.165, 1.54) is 0 Å². The Labute approximate surface area is 128 Å². The number of halogens is 1. The topological polar surface area (TPSA) is 55.4 Å². The SMILES string of the molecule is Cc1cc(NC(=O)COC(=O)CC(C)(C)C)ccc1Br. The van der Waals surface area contributed by atoms with Crippen LogP contribution in [0.15, 0.2) is 22.7 Å². The standard InChI is InChI=1S/C15H20BrNO3/c1-10-7-11(5-6-12(10)16)17-13(18)9-20-14(19)8-15(2,3)4/h5-7H,8-9H2,1-4H3,(H,17,18). The molecule has 110 valence electrons. The van der Waals surface area contributed by atoms with Gasteiger partial charge in [-0.05, 0) is 36.1 Å². The van der Waals surface area contributed by atoms with Crippen molar-refractivity contribution in [2.24, 2.45) is 5.41 Å². The highest BCUT2D eigenvalue weighted by atomic mass is 79.9. The van der Waals surface area contributed by atoms with E-state index in [1.54, 1.807) is 6.07 Å². The maximum absolute atomic E-state index is 11.7. The number of benzene rings is 1. The maximum atomic E-state index is 11.7. The maximum Gasteiger partial charge on any atom is 0.306 e. The van der Waals surface area contributed by atoms with E-state index in [1.807, 2.05) is 39.8 Å². The van der Waals surface area contributed by atoms with E-state index >= 15 is 0 Å². The molecule has 1 rings (SSSR count). The van der Waals surface area contributed by atoms with E-state index in [9.17, 15) is 9.59 Å². The summed E-state index contributed by atoms with van der Waals surface area (Å²) < 4.78 is 5.92. The van der Waals surface area contributed by atoms with E-state index < -0.39 is 0 Å². The number of anilines is 1. The van der Waals surface area contributed by atoms with Crippen molar-refractivity contribution >= 4 is 33.5 Å². The van der Waals surface area contributed by atoms with E-state index in [4.69, 9.17) is 4.74 Å². The summed E-state index contributed by atoms with van der Waals surface area (Å²) in [6, 6.07) is 5.49. The molecule has 0 unspecified atom stereocenters. The van der Waals surface area contributed by atoms with E-state index in [0.717, 1.165) is 10.0 Å². The molecular formula is C15H20BrNO3. The molecule has 0 saturated heterocycles. The fourth-order valence-corrected chi connectivity index (χ4v) is 1.80. The lowest BCUT2D eigenvalue weighted by atomic mass is 9.92. The minimum atomic E-state index is -0.361. The first-order chi connectivity index (χ1) is 9.17. The second-order valence-corrected chi connectivity index (χ2v) is 6.76. The van der Waals surface area contributed by atoms with Crippen LogP contribution in [0.2, 0.25) is 0 Å². The van der Waals surface area contributed by atoms with Crippen LogP contribution in [0.25, 0.3) is 0 Å². The zero-order valence-corrected chi connectivity index (χ0v) is 13.8. The molecule has 1 aromatic carbocycles. The second-order valence-electron chi connectivity index (χ2n) is 5.91. The minimum Gasteiger partial charge on any atom is -0.456 e. The van der Waals surface area contributed by atoms with Gasteiger partial charge in [0.15, 0.2) is 6.61 Å². The first kappa shape index (κ1) is 16.7. The third kappa shape index (κ3) is 6.19. The number of nitrogens with one attached hydrogen (secondary N) is 1. The summed E-state index contributed by atoms with van der Waals surface area (Å²) in [5, 5.41) is 2.69. The summed E-state index contributed by atoms with van der Waals surface area (Å²) >= 11 is 3.39. The van der Waals surface area contributed by atoms with Gasteiger partial charge in [-0.3, -0.25) is 9.59 Å². The Balaban J connectivity index is 2.44. The van der Waals surface area contributed by atoms with Gasteiger partial charge in [0.25, 0.3) is 5.91 Å². The molecule has 1 N–H and O–H groups in total. The summed E-state index contributed by atoms with van der Waals surface area (Å²) in [5.41, 5.74) is 1.56. The quantitative estimate of drug-likeness (QED) is 0.850. The van der Waals surface area contributed by atoms with Crippen molar-refractivity contribution in [1.29, 1.82) is 0 Å². The first-order valence-electron chi connectivity index (χ1n) is 6.39. The van der Waals surface area contributed by atoms with Crippen LogP contribution in [0.4, 0.5) is 5.69 Å². The zero-order valence-electron chi connectivity index (χ0n) is 12.2. The van der Waals surface area contributed by atoms with Crippen molar-refractivity contribution in [2.45, 2.75) is 34.1 Å². The average Bonchev–Trinajstić information content (AvgIpc) is 2.29. The van der Waals surface area contributed by atoms with Gasteiger partial charge in [-0.25, -0.2) is 0 Å². The van der Waals surface area contributed by atoms with Crippen LogP contribution in [0.1, 0.15) is 32.8 Å². The fraction of sp³-hybridized carbons (Fsp3) is 0.467. The molecule has 0 aliphatic carbocycles. The fourth-order valence-electron chi connectivity index (χ4n) is 1.55. The van der Waals surface area contributed by atoms with E-state index in [-0.39, 0.29) is 30.3 Å². The van der Waals surface area contributed by atoms with Crippen LogP contribution < -0.4 is 5.32 Å². The number of carbonyl (C=O) groups excluding carboxylic acids is 2. The van der Waals surface area contributed by atoms with Gasteiger partial charge in [0.1, 0.15) is 0 Å². The van der Waals surface area contributed by atoms with Gasteiger partial charge in [-0.1, -0.05) is 36.7 Å². The summed E-state index contributed by atoms with van der Waals surface area (Å²) in [7, 11) is 0. The lowest BCUT2D eigenvalue weighted by Gasteiger charge is -2.16. The second kappa shape index (κ2) is 6.88. The lowest BCUT2D eigenvalue weighted by Crippen LogP contribution is -2.23. The number of ether oxygens (including phenoxy) is 1. The van der Waals surface area contributed by atoms with Crippen LogP contribution in [-0.2, 0) is 14.3 Å². The number of aryl methyl sites for hydroxylation is 1. The molecule has 0 saturated carbocycles. The molecule has 0 aliphatic heterocycles. The average molecular weight is 342 g/mol. The van der Waals surface area contributed by atoms with Gasteiger partial charge in [0.05, 0.1) is 6.42 Å². The van der Waals surface area contributed by atoms with Crippen molar-refractivity contribution in [3.8, 4) is 0 Å². The lowest BCUT2D eigenvalue weighted by molar-refractivity contribution is -0.149.